The summed E-state index contributed by atoms with van der Waals surface area (Å²) in [5, 5.41) is 31.1. The molecule has 0 aromatic heterocycles. The molecule has 0 heterocycles. The molecule has 102 valence electrons. The Kier molecular flexibility index (Phi) is 21.0. The average Bonchev–Trinajstić information content (AvgIpc) is 2.14. The topological polar surface area (TPSA) is 210 Å². The van der Waals surface area contributed by atoms with E-state index in [1.165, 1.54) is 0 Å². The zero-order valence-electron chi connectivity index (χ0n) is 10.7. The van der Waals surface area contributed by atoms with Crippen molar-refractivity contribution in [2.24, 2.45) is 5.73 Å². The Morgan fingerprint density at radius 3 is 1.50 bits per heavy atom. The number of rotatable bonds is 4. The van der Waals surface area contributed by atoms with Crippen LogP contribution in [0.5, 0.6) is 0 Å². The molecule has 9 N–H and O–H groups in total. The molecule has 0 saturated heterocycles. The first-order chi connectivity index (χ1) is 7.18. The van der Waals surface area contributed by atoms with E-state index in [0.29, 0.717) is 0 Å². The van der Waals surface area contributed by atoms with Crippen molar-refractivity contribution >= 4 is 23.9 Å². The van der Waals surface area contributed by atoms with Crippen LogP contribution in [0.3, 0.4) is 0 Å². The van der Waals surface area contributed by atoms with Crippen molar-refractivity contribution in [2.45, 2.75) is 18.9 Å². The van der Waals surface area contributed by atoms with Crippen LogP contribution in [0, 0.1) is 0 Å². The third kappa shape index (κ3) is 20.8. The Morgan fingerprint density at radius 1 is 1.00 bits per heavy atom. The number of carboxylic acids is 4. The van der Waals surface area contributed by atoms with Crippen LogP contribution >= 0.6 is 0 Å². The SMILES string of the molecule is N.NC(CCC(=O)O)C(=O)O.O=C(O)C(=O)O.[H-].[K+]. The molecule has 0 rings (SSSR count). The summed E-state index contributed by atoms with van der Waals surface area (Å²) >= 11 is 0. The molecule has 1 atom stereocenters. The van der Waals surface area contributed by atoms with Crippen LogP contribution in [0.2, 0.25) is 0 Å². The van der Waals surface area contributed by atoms with Crippen LogP contribution in [0.15, 0.2) is 0 Å². The molecular weight excluding hydrogens is 279 g/mol. The Bertz CT molecular complexity index is 289. The molecule has 1 unspecified atom stereocenters. The van der Waals surface area contributed by atoms with Crippen molar-refractivity contribution in [1.29, 1.82) is 0 Å². The van der Waals surface area contributed by atoms with Gasteiger partial charge >= 0.3 is 75.3 Å². The normalized spacial score (nSPS) is 9.39. The van der Waals surface area contributed by atoms with Crippen LogP contribution in [0.25, 0.3) is 0 Å². The summed E-state index contributed by atoms with van der Waals surface area (Å²) < 4.78 is 0. The fraction of sp³-hybridized carbons (Fsp3) is 0.429. The largest absolute Gasteiger partial charge is 1.00 e. The first-order valence-corrected chi connectivity index (χ1v) is 3.84. The van der Waals surface area contributed by atoms with Crippen molar-refractivity contribution in [3.05, 3.63) is 0 Å². The van der Waals surface area contributed by atoms with Crippen LogP contribution in [0.1, 0.15) is 14.3 Å². The maximum absolute atomic E-state index is 9.99. The van der Waals surface area contributed by atoms with Gasteiger partial charge in [-0.1, -0.05) is 0 Å². The number of nitrogens with two attached hydrogens (primary N) is 1. The van der Waals surface area contributed by atoms with E-state index in [0.717, 1.165) is 0 Å². The Balaban J connectivity index is -0.0000000646. The van der Waals surface area contributed by atoms with Gasteiger partial charge < -0.3 is 33.7 Å². The molecule has 0 radical (unpaired) electrons. The quantitative estimate of drug-likeness (QED) is 0.217. The average molecular weight is 294 g/mol. The molecule has 0 aromatic carbocycles. The third-order valence-electron chi connectivity index (χ3n) is 1.17. The Morgan fingerprint density at radius 2 is 1.33 bits per heavy atom. The first-order valence-electron chi connectivity index (χ1n) is 3.84. The molecular formula is C7H15KN2O8. The summed E-state index contributed by atoms with van der Waals surface area (Å²) in [5.41, 5.74) is 5.00. The number of carboxylic acid groups (broad SMARTS) is 4. The van der Waals surface area contributed by atoms with Gasteiger partial charge in [-0.05, 0) is 6.42 Å². The molecule has 0 saturated carbocycles. The van der Waals surface area contributed by atoms with E-state index in [9.17, 15) is 9.59 Å². The van der Waals surface area contributed by atoms with E-state index >= 15 is 0 Å². The first kappa shape index (κ1) is 26.1. The van der Waals surface area contributed by atoms with Gasteiger partial charge in [0.1, 0.15) is 6.04 Å². The van der Waals surface area contributed by atoms with E-state index in [-0.39, 0.29) is 71.8 Å². The predicted molar refractivity (Wildman–Crippen MR) is 53.9 cm³/mol. The molecule has 11 heteroatoms. The van der Waals surface area contributed by atoms with Crippen LogP contribution in [0.4, 0.5) is 0 Å². The molecule has 0 aromatic rings. The van der Waals surface area contributed by atoms with Gasteiger partial charge in [0, 0.05) is 6.42 Å². The van der Waals surface area contributed by atoms with Crippen LogP contribution < -0.4 is 63.3 Å². The van der Waals surface area contributed by atoms with E-state index in [1.54, 1.807) is 0 Å². The molecule has 0 aliphatic rings. The number of hydrogen-bond acceptors (Lipinski definition) is 6. The van der Waals surface area contributed by atoms with Crippen LogP contribution in [-0.2, 0) is 19.2 Å². The maximum Gasteiger partial charge on any atom is 1.00 e. The summed E-state index contributed by atoms with van der Waals surface area (Å²) in [6.07, 6.45) is -0.224. The van der Waals surface area contributed by atoms with Gasteiger partial charge in [0.05, 0.1) is 0 Å². The van der Waals surface area contributed by atoms with Gasteiger partial charge in [-0.15, -0.1) is 0 Å². The van der Waals surface area contributed by atoms with Crippen molar-refractivity contribution in [1.82, 2.24) is 6.15 Å². The summed E-state index contributed by atoms with van der Waals surface area (Å²) in [7, 11) is 0. The van der Waals surface area contributed by atoms with Crippen molar-refractivity contribution < 1.29 is 92.4 Å². The van der Waals surface area contributed by atoms with Gasteiger partial charge in [-0.25, -0.2) is 9.59 Å². The van der Waals surface area contributed by atoms with Crippen molar-refractivity contribution in [3.8, 4) is 0 Å². The van der Waals surface area contributed by atoms with Gasteiger partial charge in [0.15, 0.2) is 0 Å². The summed E-state index contributed by atoms with van der Waals surface area (Å²) in [6.45, 7) is 0. The van der Waals surface area contributed by atoms with E-state index < -0.39 is 29.9 Å². The van der Waals surface area contributed by atoms with Gasteiger partial charge in [-0.2, -0.15) is 0 Å². The number of carbonyl (C=O) groups is 4. The molecule has 0 aliphatic heterocycles. The smallest absolute Gasteiger partial charge is 1.00 e. The van der Waals surface area contributed by atoms with E-state index in [1.807, 2.05) is 0 Å². The zero-order valence-corrected chi connectivity index (χ0v) is 12.8. The summed E-state index contributed by atoms with van der Waals surface area (Å²) in [4.78, 5) is 38.1. The van der Waals surface area contributed by atoms with Crippen molar-refractivity contribution in [3.63, 3.8) is 0 Å². The molecule has 0 spiro atoms. The van der Waals surface area contributed by atoms with E-state index in [2.05, 4.69) is 0 Å². The maximum atomic E-state index is 9.99. The summed E-state index contributed by atoms with van der Waals surface area (Å²) in [5.74, 6) is -5.84. The minimum Gasteiger partial charge on any atom is -1.00 e. The van der Waals surface area contributed by atoms with Gasteiger partial charge in [-0.3, -0.25) is 9.59 Å². The predicted octanol–water partition coefficient (Wildman–Crippen LogP) is -4.30. The van der Waals surface area contributed by atoms with E-state index in [4.69, 9.17) is 35.7 Å². The Labute approximate surface area is 146 Å². The fourth-order valence-electron chi connectivity index (χ4n) is 0.402. The van der Waals surface area contributed by atoms with Gasteiger partial charge in [0.25, 0.3) is 0 Å². The molecule has 0 amide bonds. The molecule has 18 heavy (non-hydrogen) atoms. The monoisotopic (exact) mass is 294 g/mol. The molecule has 10 nitrogen and oxygen atoms in total. The fourth-order valence-corrected chi connectivity index (χ4v) is 0.402. The molecule has 0 aliphatic carbocycles. The van der Waals surface area contributed by atoms with Crippen LogP contribution in [-0.4, -0.2) is 50.3 Å². The number of aliphatic carboxylic acids is 4. The number of hydrogen-bond donors (Lipinski definition) is 6. The molecule has 0 bridgehead atoms. The minimum absolute atomic E-state index is 0. The standard InChI is InChI=1S/C5H9NO4.C2H2O4.K.H3N.H/c6-3(5(9)10)1-2-4(7)8;3-1(4)2(5)6;;;/h3H,1-2,6H2,(H,7,8)(H,9,10);(H,3,4)(H,5,6);;1H3;/q;;+1;;-1. The second-order valence-electron chi connectivity index (χ2n) is 2.49. The second kappa shape index (κ2) is 14.5. The van der Waals surface area contributed by atoms with Crippen molar-refractivity contribution in [2.75, 3.05) is 0 Å². The summed E-state index contributed by atoms with van der Waals surface area (Å²) in [6, 6.07) is -1.06. The zero-order chi connectivity index (χ0) is 13.3. The Hall–Kier alpha value is -0.564. The minimum atomic E-state index is -1.82. The third-order valence-corrected chi connectivity index (χ3v) is 1.17. The second-order valence-corrected chi connectivity index (χ2v) is 2.49. The molecule has 0 fully saturated rings. The van der Waals surface area contributed by atoms with Gasteiger partial charge in [0.2, 0.25) is 0 Å².